The molecule has 3 rings (SSSR count). The number of hydrogen-bond donors (Lipinski definition) is 1. The van der Waals surface area contributed by atoms with Gasteiger partial charge in [-0.15, -0.1) is 0 Å². The van der Waals surface area contributed by atoms with E-state index in [4.69, 9.17) is 4.74 Å². The Morgan fingerprint density at radius 2 is 1.90 bits per heavy atom. The first kappa shape index (κ1) is 20.6. The van der Waals surface area contributed by atoms with Crippen LogP contribution in [0.1, 0.15) is 47.3 Å². The highest BCUT2D eigenvalue weighted by molar-refractivity contribution is 6.06. The Morgan fingerprint density at radius 1 is 1.21 bits per heavy atom. The number of nitrogens with one attached hydrogen (secondary N) is 1. The standard InChI is InChI=1S/C21H26N4O4/c1-21(2,3)29-20(28)15(12-14-8-6-5-7-9-14)23-18(26)16-17-19(27)24(4)10-11-25(17)13-22-16/h5-9,13,15H,10-12H2,1-4H3,(H,23,26)/t15-/m0/s1. The maximum Gasteiger partial charge on any atom is 0.329 e. The number of benzene rings is 1. The molecule has 0 saturated carbocycles. The first-order chi connectivity index (χ1) is 13.7. The molecule has 1 atom stereocenters. The quantitative estimate of drug-likeness (QED) is 0.773. The van der Waals surface area contributed by atoms with Crippen LogP contribution in [-0.4, -0.2) is 57.5 Å². The molecule has 154 valence electrons. The lowest BCUT2D eigenvalue weighted by atomic mass is 10.1. The predicted octanol–water partition coefficient (Wildman–Crippen LogP) is 1.65. The van der Waals surface area contributed by atoms with Gasteiger partial charge in [0.2, 0.25) is 0 Å². The molecule has 2 amide bonds. The predicted molar refractivity (Wildman–Crippen MR) is 106 cm³/mol. The van der Waals surface area contributed by atoms with Crippen molar-refractivity contribution in [2.75, 3.05) is 13.6 Å². The summed E-state index contributed by atoms with van der Waals surface area (Å²) in [5.41, 5.74) is 0.441. The molecule has 2 aromatic rings. The van der Waals surface area contributed by atoms with Gasteiger partial charge in [-0.1, -0.05) is 30.3 Å². The summed E-state index contributed by atoms with van der Waals surface area (Å²) in [6, 6.07) is 8.45. The summed E-state index contributed by atoms with van der Waals surface area (Å²) in [6.45, 7) is 6.43. The van der Waals surface area contributed by atoms with Crippen molar-refractivity contribution in [3.8, 4) is 0 Å². The van der Waals surface area contributed by atoms with Crippen LogP contribution in [0, 0.1) is 0 Å². The highest BCUT2D eigenvalue weighted by Crippen LogP contribution is 2.17. The molecule has 1 N–H and O–H groups in total. The Morgan fingerprint density at radius 3 is 2.55 bits per heavy atom. The zero-order valence-electron chi connectivity index (χ0n) is 17.1. The molecular weight excluding hydrogens is 372 g/mol. The van der Waals surface area contributed by atoms with Gasteiger partial charge in [0.15, 0.2) is 5.69 Å². The van der Waals surface area contributed by atoms with Crippen molar-refractivity contribution in [1.29, 1.82) is 0 Å². The number of likely N-dealkylation sites (N-methyl/N-ethyl adjacent to an activating group) is 1. The normalized spacial score (nSPS) is 14.9. The van der Waals surface area contributed by atoms with Crippen LogP contribution in [0.15, 0.2) is 36.7 Å². The second kappa shape index (κ2) is 8.06. The summed E-state index contributed by atoms with van der Waals surface area (Å²) in [6.07, 6.45) is 1.75. The van der Waals surface area contributed by atoms with Crippen LogP contribution in [0.25, 0.3) is 0 Å². The fourth-order valence-electron chi connectivity index (χ4n) is 3.12. The first-order valence-corrected chi connectivity index (χ1v) is 9.54. The van der Waals surface area contributed by atoms with Gasteiger partial charge in [0.25, 0.3) is 11.8 Å². The van der Waals surface area contributed by atoms with E-state index in [0.717, 1.165) is 5.56 Å². The van der Waals surface area contributed by atoms with Gasteiger partial charge in [-0.05, 0) is 26.3 Å². The summed E-state index contributed by atoms with van der Waals surface area (Å²) in [7, 11) is 1.68. The summed E-state index contributed by atoms with van der Waals surface area (Å²) in [5.74, 6) is -1.38. The Hall–Kier alpha value is -3.16. The van der Waals surface area contributed by atoms with Gasteiger partial charge < -0.3 is 19.5 Å². The van der Waals surface area contributed by atoms with Crippen molar-refractivity contribution >= 4 is 17.8 Å². The van der Waals surface area contributed by atoms with Gasteiger partial charge in [-0.25, -0.2) is 9.78 Å². The molecule has 0 radical (unpaired) electrons. The fraction of sp³-hybridized carbons (Fsp3) is 0.429. The highest BCUT2D eigenvalue weighted by Gasteiger charge is 2.32. The second-order valence-corrected chi connectivity index (χ2v) is 8.11. The average molecular weight is 398 g/mol. The Kier molecular flexibility index (Phi) is 5.72. The smallest absolute Gasteiger partial charge is 0.329 e. The summed E-state index contributed by atoms with van der Waals surface area (Å²) in [5, 5.41) is 2.72. The molecule has 1 aromatic heterocycles. The minimum absolute atomic E-state index is 0.0168. The molecule has 8 nitrogen and oxygen atoms in total. The number of amides is 2. The number of aromatic nitrogens is 2. The molecular formula is C21H26N4O4. The lowest BCUT2D eigenvalue weighted by molar-refractivity contribution is -0.157. The largest absolute Gasteiger partial charge is 0.458 e. The minimum atomic E-state index is -0.905. The van der Waals surface area contributed by atoms with Gasteiger partial charge in [-0.2, -0.15) is 0 Å². The summed E-state index contributed by atoms with van der Waals surface area (Å²) < 4.78 is 7.15. The number of carbonyl (C=O) groups excluding carboxylic acids is 3. The zero-order chi connectivity index (χ0) is 21.2. The van der Waals surface area contributed by atoms with Gasteiger partial charge in [0, 0.05) is 26.6 Å². The SMILES string of the molecule is CN1CCn2cnc(C(=O)N[C@@H](Cc3ccccc3)C(=O)OC(C)(C)C)c2C1=O. The third-order valence-electron chi connectivity index (χ3n) is 4.56. The fourth-order valence-corrected chi connectivity index (χ4v) is 3.12. The van der Waals surface area contributed by atoms with Crippen molar-refractivity contribution in [2.45, 2.75) is 45.4 Å². The number of ether oxygens (including phenoxy) is 1. The van der Waals surface area contributed by atoms with E-state index in [1.165, 1.54) is 6.33 Å². The van der Waals surface area contributed by atoms with Crippen molar-refractivity contribution in [2.24, 2.45) is 0 Å². The molecule has 0 aliphatic carbocycles. The van der Waals surface area contributed by atoms with Crippen LogP contribution >= 0.6 is 0 Å². The number of imidazole rings is 1. The molecule has 0 saturated heterocycles. The molecule has 0 spiro atoms. The third kappa shape index (κ3) is 4.82. The highest BCUT2D eigenvalue weighted by atomic mass is 16.6. The van der Waals surface area contributed by atoms with Crippen LogP contribution in [0.4, 0.5) is 0 Å². The monoisotopic (exact) mass is 398 g/mol. The topological polar surface area (TPSA) is 93.5 Å². The molecule has 1 aliphatic heterocycles. The summed E-state index contributed by atoms with van der Waals surface area (Å²) in [4.78, 5) is 43.8. The van der Waals surface area contributed by atoms with Gasteiger partial charge >= 0.3 is 5.97 Å². The zero-order valence-corrected chi connectivity index (χ0v) is 17.1. The van der Waals surface area contributed by atoms with Crippen molar-refractivity contribution < 1.29 is 19.1 Å². The first-order valence-electron chi connectivity index (χ1n) is 9.54. The maximum atomic E-state index is 12.9. The number of rotatable bonds is 5. The van der Waals surface area contributed by atoms with E-state index in [1.807, 2.05) is 30.3 Å². The lowest BCUT2D eigenvalue weighted by Crippen LogP contribution is -2.46. The molecule has 2 heterocycles. The van der Waals surface area contributed by atoms with Crippen LogP contribution in [-0.2, 0) is 22.5 Å². The number of esters is 1. The molecule has 8 heteroatoms. The Bertz CT molecular complexity index is 915. The van der Waals surface area contributed by atoms with E-state index in [0.29, 0.717) is 13.1 Å². The molecule has 1 aromatic carbocycles. The number of hydrogen-bond acceptors (Lipinski definition) is 5. The van der Waals surface area contributed by atoms with Gasteiger partial charge in [0.1, 0.15) is 17.3 Å². The third-order valence-corrected chi connectivity index (χ3v) is 4.56. The van der Waals surface area contributed by atoms with Gasteiger partial charge in [0.05, 0.1) is 6.33 Å². The van der Waals surface area contributed by atoms with E-state index in [1.54, 1.807) is 37.3 Å². The molecule has 29 heavy (non-hydrogen) atoms. The van der Waals surface area contributed by atoms with E-state index < -0.39 is 23.5 Å². The van der Waals surface area contributed by atoms with Crippen LogP contribution < -0.4 is 5.32 Å². The second-order valence-electron chi connectivity index (χ2n) is 8.11. The molecule has 0 bridgehead atoms. The van der Waals surface area contributed by atoms with Crippen LogP contribution in [0.5, 0.6) is 0 Å². The Balaban J connectivity index is 1.84. The number of carbonyl (C=O) groups is 3. The molecule has 0 fully saturated rings. The van der Waals surface area contributed by atoms with E-state index in [-0.39, 0.29) is 23.7 Å². The van der Waals surface area contributed by atoms with Gasteiger partial charge in [-0.3, -0.25) is 9.59 Å². The summed E-state index contributed by atoms with van der Waals surface area (Å²) >= 11 is 0. The number of fused-ring (bicyclic) bond motifs is 1. The minimum Gasteiger partial charge on any atom is -0.458 e. The molecule has 0 unspecified atom stereocenters. The van der Waals surface area contributed by atoms with Crippen molar-refractivity contribution in [3.05, 3.63) is 53.6 Å². The van der Waals surface area contributed by atoms with E-state index >= 15 is 0 Å². The van der Waals surface area contributed by atoms with E-state index in [2.05, 4.69) is 10.3 Å². The van der Waals surface area contributed by atoms with Crippen LogP contribution in [0.3, 0.4) is 0 Å². The Labute approximate surface area is 169 Å². The number of nitrogens with zero attached hydrogens (tertiary/aromatic N) is 3. The average Bonchev–Trinajstić information content (AvgIpc) is 3.08. The van der Waals surface area contributed by atoms with Crippen molar-refractivity contribution in [3.63, 3.8) is 0 Å². The van der Waals surface area contributed by atoms with Crippen LogP contribution in [0.2, 0.25) is 0 Å². The lowest BCUT2D eigenvalue weighted by Gasteiger charge is -2.26. The maximum absolute atomic E-state index is 12.9. The van der Waals surface area contributed by atoms with Crippen molar-refractivity contribution in [1.82, 2.24) is 19.8 Å². The van der Waals surface area contributed by atoms with E-state index in [9.17, 15) is 14.4 Å². The molecule has 1 aliphatic rings.